The van der Waals surface area contributed by atoms with E-state index >= 15 is 0 Å². The number of nitrogens with zero attached hydrogens (tertiary/aromatic N) is 2. The van der Waals surface area contributed by atoms with Crippen molar-refractivity contribution in [3.05, 3.63) is 46.8 Å². The van der Waals surface area contributed by atoms with Crippen molar-refractivity contribution >= 4 is 11.9 Å². The van der Waals surface area contributed by atoms with E-state index in [2.05, 4.69) is 5.16 Å². The van der Waals surface area contributed by atoms with E-state index in [1.54, 1.807) is 4.90 Å². The molecule has 0 bridgehead atoms. The molecule has 4 rings (SSSR count). The van der Waals surface area contributed by atoms with E-state index < -0.39 is 11.4 Å². The van der Waals surface area contributed by atoms with Crippen LogP contribution in [0.15, 0.2) is 28.8 Å². The monoisotopic (exact) mass is 370 g/mol. The van der Waals surface area contributed by atoms with Gasteiger partial charge in [-0.25, -0.2) is 0 Å². The summed E-state index contributed by atoms with van der Waals surface area (Å²) in [6, 6.07) is 7.49. The molecule has 2 aliphatic heterocycles. The van der Waals surface area contributed by atoms with Crippen LogP contribution in [0.25, 0.3) is 0 Å². The fraction of sp³-hybridized carbons (Fsp3) is 0.450. The third-order valence-corrected chi connectivity index (χ3v) is 5.87. The Hall–Kier alpha value is -2.83. The van der Waals surface area contributed by atoms with Crippen molar-refractivity contribution in [1.82, 2.24) is 10.1 Å². The standard InChI is InChI=1S/C20H22N2O5/c1-12-14(13(2)27-21-12)7-8-18(23)22-9-16-15-5-3-4-6-17(15)26-11-20(16,10-22)19(24)25/h3-6,16H,7-11H2,1-2H3,(H,24,25)/t16-,20-/m0/s1. The van der Waals surface area contributed by atoms with E-state index in [4.69, 9.17) is 9.26 Å². The number of aliphatic carboxylic acids is 1. The highest BCUT2D eigenvalue weighted by Gasteiger charge is 2.57. The SMILES string of the molecule is Cc1noc(C)c1CCC(=O)N1C[C@H]2c3ccccc3OC[C@@]2(C(=O)O)C1. The minimum Gasteiger partial charge on any atom is -0.492 e. The van der Waals surface area contributed by atoms with Crippen LogP contribution in [0.2, 0.25) is 0 Å². The summed E-state index contributed by atoms with van der Waals surface area (Å²) >= 11 is 0. The molecule has 7 nitrogen and oxygen atoms in total. The van der Waals surface area contributed by atoms with Crippen LogP contribution in [0.5, 0.6) is 5.75 Å². The lowest BCUT2D eigenvalue weighted by molar-refractivity contribution is -0.152. The summed E-state index contributed by atoms with van der Waals surface area (Å²) in [5, 5.41) is 13.9. The zero-order valence-electron chi connectivity index (χ0n) is 15.4. The first-order valence-corrected chi connectivity index (χ1v) is 9.07. The van der Waals surface area contributed by atoms with E-state index in [1.807, 2.05) is 38.1 Å². The van der Waals surface area contributed by atoms with Gasteiger partial charge in [0.15, 0.2) is 0 Å². The molecule has 2 atom stereocenters. The molecule has 3 heterocycles. The van der Waals surface area contributed by atoms with Crippen LogP contribution in [-0.2, 0) is 16.0 Å². The largest absolute Gasteiger partial charge is 0.492 e. The van der Waals surface area contributed by atoms with Gasteiger partial charge in [0.1, 0.15) is 23.5 Å². The molecule has 1 fully saturated rings. The van der Waals surface area contributed by atoms with Gasteiger partial charge in [0.05, 0.1) is 5.69 Å². The molecular weight excluding hydrogens is 348 g/mol. The second-order valence-electron chi connectivity index (χ2n) is 7.42. The van der Waals surface area contributed by atoms with Crippen molar-refractivity contribution < 1.29 is 24.0 Å². The molecule has 0 unspecified atom stereocenters. The van der Waals surface area contributed by atoms with Gasteiger partial charge in [0, 0.05) is 36.6 Å². The molecule has 1 amide bonds. The van der Waals surface area contributed by atoms with Gasteiger partial charge in [-0.05, 0) is 26.3 Å². The molecule has 0 spiro atoms. The number of amides is 1. The van der Waals surface area contributed by atoms with Gasteiger partial charge < -0.3 is 19.3 Å². The third kappa shape index (κ3) is 2.78. The molecule has 1 aromatic carbocycles. The van der Waals surface area contributed by atoms with Crippen LogP contribution < -0.4 is 4.74 Å². The fourth-order valence-electron chi connectivity index (χ4n) is 4.28. The van der Waals surface area contributed by atoms with Gasteiger partial charge in [-0.1, -0.05) is 23.4 Å². The zero-order chi connectivity index (χ0) is 19.2. The molecule has 1 aromatic heterocycles. The Balaban J connectivity index is 1.54. The maximum Gasteiger partial charge on any atom is 0.315 e. The van der Waals surface area contributed by atoms with Crippen LogP contribution in [0, 0.1) is 19.3 Å². The molecule has 27 heavy (non-hydrogen) atoms. The molecule has 142 valence electrons. The van der Waals surface area contributed by atoms with Gasteiger partial charge in [-0.15, -0.1) is 0 Å². The van der Waals surface area contributed by atoms with Crippen molar-refractivity contribution in [2.75, 3.05) is 19.7 Å². The third-order valence-electron chi connectivity index (χ3n) is 5.87. The number of likely N-dealkylation sites (tertiary alicyclic amines) is 1. The smallest absolute Gasteiger partial charge is 0.315 e. The predicted molar refractivity (Wildman–Crippen MR) is 95.6 cm³/mol. The average Bonchev–Trinajstić information content (AvgIpc) is 3.21. The molecule has 2 aliphatic rings. The van der Waals surface area contributed by atoms with E-state index in [9.17, 15) is 14.7 Å². The first-order chi connectivity index (χ1) is 12.9. The summed E-state index contributed by atoms with van der Waals surface area (Å²) in [4.78, 5) is 26.6. The molecule has 0 saturated carbocycles. The summed E-state index contributed by atoms with van der Waals surface area (Å²) in [6.07, 6.45) is 0.835. The van der Waals surface area contributed by atoms with Gasteiger partial charge in [-0.2, -0.15) is 0 Å². The van der Waals surface area contributed by atoms with Crippen molar-refractivity contribution in [2.45, 2.75) is 32.6 Å². The van der Waals surface area contributed by atoms with Crippen molar-refractivity contribution in [3.8, 4) is 5.75 Å². The quantitative estimate of drug-likeness (QED) is 0.888. The maximum atomic E-state index is 12.8. The Morgan fingerprint density at radius 1 is 1.33 bits per heavy atom. The Kier molecular flexibility index (Phi) is 4.17. The van der Waals surface area contributed by atoms with E-state index in [1.165, 1.54) is 0 Å². The van der Waals surface area contributed by atoms with E-state index in [0.717, 1.165) is 22.6 Å². The number of fused-ring (bicyclic) bond motifs is 3. The van der Waals surface area contributed by atoms with Crippen molar-refractivity contribution in [2.24, 2.45) is 5.41 Å². The number of ether oxygens (including phenoxy) is 1. The average molecular weight is 370 g/mol. The summed E-state index contributed by atoms with van der Waals surface area (Å²) in [6.45, 7) is 4.33. The summed E-state index contributed by atoms with van der Waals surface area (Å²) in [5.41, 5.74) is 1.51. The number of hydrogen-bond acceptors (Lipinski definition) is 5. The first-order valence-electron chi connectivity index (χ1n) is 9.07. The molecule has 7 heteroatoms. The zero-order valence-corrected chi connectivity index (χ0v) is 15.4. The number of benzene rings is 1. The second-order valence-corrected chi connectivity index (χ2v) is 7.42. The normalized spacial score (nSPS) is 23.5. The number of carboxylic acid groups (broad SMARTS) is 1. The van der Waals surface area contributed by atoms with Crippen molar-refractivity contribution in [1.29, 1.82) is 0 Å². The highest BCUT2D eigenvalue weighted by molar-refractivity contribution is 5.83. The van der Waals surface area contributed by atoms with Gasteiger partial charge in [0.25, 0.3) is 0 Å². The van der Waals surface area contributed by atoms with Gasteiger partial charge in [-0.3, -0.25) is 9.59 Å². The number of aryl methyl sites for hydroxylation is 2. The van der Waals surface area contributed by atoms with Crippen LogP contribution in [0.4, 0.5) is 0 Å². The molecular formula is C20H22N2O5. The van der Waals surface area contributed by atoms with E-state index in [-0.39, 0.29) is 25.0 Å². The number of para-hydroxylation sites is 1. The highest BCUT2D eigenvalue weighted by atomic mass is 16.5. The first kappa shape index (κ1) is 17.6. The van der Waals surface area contributed by atoms with Crippen LogP contribution in [0.1, 0.15) is 34.9 Å². The van der Waals surface area contributed by atoms with Crippen LogP contribution in [0.3, 0.4) is 0 Å². The minimum absolute atomic E-state index is 0.0532. The number of rotatable bonds is 4. The molecule has 1 N–H and O–H groups in total. The topological polar surface area (TPSA) is 92.9 Å². The fourth-order valence-corrected chi connectivity index (χ4v) is 4.28. The number of carbonyl (C=O) groups is 2. The molecule has 2 aromatic rings. The lowest BCUT2D eigenvalue weighted by Gasteiger charge is -2.35. The number of hydrogen-bond donors (Lipinski definition) is 1. The molecule has 0 radical (unpaired) electrons. The van der Waals surface area contributed by atoms with Crippen LogP contribution in [-0.4, -0.2) is 46.7 Å². The maximum absolute atomic E-state index is 12.8. The summed E-state index contributed by atoms with van der Waals surface area (Å²) < 4.78 is 10.9. The number of aromatic nitrogens is 1. The number of carboxylic acids is 1. The van der Waals surface area contributed by atoms with Crippen LogP contribution >= 0.6 is 0 Å². The molecule has 0 aliphatic carbocycles. The lowest BCUT2D eigenvalue weighted by atomic mass is 9.73. The van der Waals surface area contributed by atoms with E-state index in [0.29, 0.717) is 25.1 Å². The Morgan fingerprint density at radius 2 is 2.11 bits per heavy atom. The Bertz CT molecular complexity index is 886. The second kappa shape index (κ2) is 6.40. The lowest BCUT2D eigenvalue weighted by Crippen LogP contribution is -2.46. The minimum atomic E-state index is -1.09. The van der Waals surface area contributed by atoms with Gasteiger partial charge >= 0.3 is 5.97 Å². The number of carbonyl (C=O) groups excluding carboxylic acids is 1. The summed E-state index contributed by atoms with van der Waals surface area (Å²) in [5.74, 6) is 0.206. The molecule has 1 saturated heterocycles. The Morgan fingerprint density at radius 3 is 2.81 bits per heavy atom. The predicted octanol–water partition coefficient (Wildman–Crippen LogP) is 2.31. The Labute approximate surface area is 156 Å². The highest BCUT2D eigenvalue weighted by Crippen LogP contribution is 2.49. The van der Waals surface area contributed by atoms with Gasteiger partial charge in [0.2, 0.25) is 5.91 Å². The van der Waals surface area contributed by atoms with Crippen molar-refractivity contribution in [3.63, 3.8) is 0 Å². The summed E-state index contributed by atoms with van der Waals surface area (Å²) in [7, 11) is 0.